The Kier molecular flexibility index (Phi) is 4.74. The largest absolute Gasteiger partial charge is 0.353 e. The predicted octanol–water partition coefficient (Wildman–Crippen LogP) is 1.86. The van der Waals surface area contributed by atoms with E-state index in [1.54, 1.807) is 17.0 Å². The van der Waals surface area contributed by atoms with E-state index < -0.39 is 9.85 Å². The zero-order chi connectivity index (χ0) is 18.7. The van der Waals surface area contributed by atoms with Gasteiger partial charge in [0.15, 0.2) is 0 Å². The lowest BCUT2D eigenvalue weighted by atomic mass is 10.1. The number of para-hydroxylation sites is 1. The van der Waals surface area contributed by atoms with Crippen molar-refractivity contribution in [1.29, 1.82) is 0 Å². The summed E-state index contributed by atoms with van der Waals surface area (Å²) in [6.07, 6.45) is 1.19. The molecule has 0 radical (unpaired) electrons. The summed E-state index contributed by atoms with van der Waals surface area (Å²) in [4.78, 5) is 40.8. The summed E-state index contributed by atoms with van der Waals surface area (Å²) >= 11 is 0. The molecule has 1 saturated heterocycles. The topological polar surface area (TPSA) is 123 Å². The lowest BCUT2D eigenvalue weighted by Crippen LogP contribution is -2.49. The highest BCUT2D eigenvalue weighted by atomic mass is 16.6. The Morgan fingerprint density at radius 2 is 1.65 bits per heavy atom. The molecule has 1 aliphatic heterocycles. The van der Waals surface area contributed by atoms with Crippen LogP contribution in [0.4, 0.5) is 17.2 Å². The van der Waals surface area contributed by atoms with Crippen molar-refractivity contribution in [3.8, 4) is 0 Å². The Labute approximate surface area is 148 Å². The highest BCUT2D eigenvalue weighted by molar-refractivity contribution is 5.98. The van der Waals surface area contributed by atoms with Crippen LogP contribution in [-0.2, 0) is 0 Å². The summed E-state index contributed by atoms with van der Waals surface area (Å²) in [6, 6.07) is 8.82. The Morgan fingerprint density at radius 1 is 0.962 bits per heavy atom. The summed E-state index contributed by atoms with van der Waals surface area (Å²) in [5, 5.41) is 21.8. The SMILES string of the molecule is O=C(c1ccccc1[N+](=O)[O-])N1CCN(c2ccc([N+](=O)[O-])cn2)CC1. The fraction of sp³-hybridized carbons (Fsp3) is 0.250. The zero-order valence-corrected chi connectivity index (χ0v) is 13.6. The summed E-state index contributed by atoms with van der Waals surface area (Å²) in [5.41, 5.74) is -0.227. The molecule has 0 N–H and O–H groups in total. The lowest BCUT2D eigenvalue weighted by molar-refractivity contribution is -0.385. The molecule has 26 heavy (non-hydrogen) atoms. The number of carbonyl (C=O) groups is 1. The number of nitro benzene ring substituents is 1. The number of amides is 1. The van der Waals surface area contributed by atoms with Gasteiger partial charge in [-0.25, -0.2) is 4.98 Å². The Balaban J connectivity index is 1.68. The standard InChI is InChI=1S/C16H15N5O5/c22-16(13-3-1-2-4-14(13)21(25)26)19-9-7-18(8-10-19)15-6-5-12(11-17-15)20(23)24/h1-6,11H,7-10H2. The van der Waals surface area contributed by atoms with Crippen LogP contribution >= 0.6 is 0 Å². The van der Waals surface area contributed by atoms with Gasteiger partial charge in [0.25, 0.3) is 17.3 Å². The molecule has 2 aromatic rings. The minimum absolute atomic E-state index is 0.0689. The summed E-state index contributed by atoms with van der Waals surface area (Å²) in [5.74, 6) is 0.210. The number of hydrogen-bond donors (Lipinski definition) is 0. The first-order valence-electron chi connectivity index (χ1n) is 7.85. The second-order valence-electron chi connectivity index (χ2n) is 5.69. The molecule has 10 nitrogen and oxygen atoms in total. The van der Waals surface area contributed by atoms with E-state index in [0.717, 1.165) is 0 Å². The van der Waals surface area contributed by atoms with Crippen LogP contribution < -0.4 is 4.90 Å². The third-order valence-electron chi connectivity index (χ3n) is 4.17. The number of hydrogen-bond acceptors (Lipinski definition) is 7. The first-order valence-corrected chi connectivity index (χ1v) is 7.85. The molecular formula is C16H15N5O5. The predicted molar refractivity (Wildman–Crippen MR) is 92.1 cm³/mol. The molecule has 0 atom stereocenters. The van der Waals surface area contributed by atoms with E-state index in [0.29, 0.717) is 32.0 Å². The molecule has 134 valence electrons. The highest BCUT2D eigenvalue weighted by Crippen LogP contribution is 2.22. The highest BCUT2D eigenvalue weighted by Gasteiger charge is 2.27. The van der Waals surface area contributed by atoms with Crippen molar-refractivity contribution in [3.05, 3.63) is 68.4 Å². The molecule has 2 heterocycles. The van der Waals surface area contributed by atoms with Crippen molar-refractivity contribution in [2.75, 3.05) is 31.1 Å². The molecule has 0 unspecified atom stereocenters. The number of anilines is 1. The first-order chi connectivity index (χ1) is 12.5. The number of nitrogens with zero attached hydrogens (tertiary/aromatic N) is 5. The van der Waals surface area contributed by atoms with Gasteiger partial charge in [0.1, 0.15) is 17.6 Å². The summed E-state index contributed by atoms with van der Waals surface area (Å²) in [6.45, 7) is 1.72. The lowest BCUT2D eigenvalue weighted by Gasteiger charge is -2.35. The zero-order valence-electron chi connectivity index (χ0n) is 13.6. The average Bonchev–Trinajstić information content (AvgIpc) is 2.67. The molecule has 1 fully saturated rings. The molecule has 0 aliphatic carbocycles. The molecule has 10 heteroatoms. The van der Waals surface area contributed by atoms with Gasteiger partial charge in [0.05, 0.1) is 9.85 Å². The van der Waals surface area contributed by atoms with E-state index in [-0.39, 0.29) is 22.8 Å². The Morgan fingerprint density at radius 3 is 2.23 bits per heavy atom. The summed E-state index contributed by atoms with van der Waals surface area (Å²) < 4.78 is 0. The summed E-state index contributed by atoms with van der Waals surface area (Å²) in [7, 11) is 0. The molecule has 0 spiro atoms. The van der Waals surface area contributed by atoms with Gasteiger partial charge in [-0.05, 0) is 12.1 Å². The van der Waals surface area contributed by atoms with Gasteiger partial charge in [-0.3, -0.25) is 25.0 Å². The average molecular weight is 357 g/mol. The maximum Gasteiger partial charge on any atom is 0.287 e. The van der Waals surface area contributed by atoms with Crippen molar-refractivity contribution in [3.63, 3.8) is 0 Å². The number of pyridine rings is 1. The number of rotatable bonds is 4. The van der Waals surface area contributed by atoms with Crippen molar-refractivity contribution in [1.82, 2.24) is 9.88 Å². The third kappa shape index (κ3) is 3.43. The monoisotopic (exact) mass is 357 g/mol. The van der Waals surface area contributed by atoms with Crippen molar-refractivity contribution in [2.24, 2.45) is 0 Å². The van der Waals surface area contributed by atoms with Crippen LogP contribution in [0.2, 0.25) is 0 Å². The van der Waals surface area contributed by atoms with Crippen LogP contribution in [0.3, 0.4) is 0 Å². The normalized spacial score (nSPS) is 14.2. The van der Waals surface area contributed by atoms with E-state index in [2.05, 4.69) is 4.98 Å². The van der Waals surface area contributed by atoms with Crippen LogP contribution in [-0.4, -0.2) is 51.8 Å². The molecule has 1 aliphatic rings. The molecule has 0 saturated carbocycles. The second-order valence-corrected chi connectivity index (χ2v) is 5.69. The first kappa shape index (κ1) is 17.3. The fourth-order valence-corrected chi connectivity index (χ4v) is 2.80. The van der Waals surface area contributed by atoms with Crippen molar-refractivity contribution in [2.45, 2.75) is 0 Å². The van der Waals surface area contributed by atoms with Crippen LogP contribution in [0.25, 0.3) is 0 Å². The minimum atomic E-state index is -0.565. The van der Waals surface area contributed by atoms with Crippen LogP contribution in [0.15, 0.2) is 42.6 Å². The van der Waals surface area contributed by atoms with Crippen molar-refractivity contribution >= 4 is 23.1 Å². The van der Waals surface area contributed by atoms with Gasteiger partial charge in [0, 0.05) is 38.3 Å². The van der Waals surface area contributed by atoms with Gasteiger partial charge in [-0.1, -0.05) is 12.1 Å². The van der Waals surface area contributed by atoms with Gasteiger partial charge >= 0.3 is 0 Å². The molecule has 1 aromatic carbocycles. The van der Waals surface area contributed by atoms with Gasteiger partial charge in [-0.15, -0.1) is 0 Å². The van der Waals surface area contributed by atoms with E-state index >= 15 is 0 Å². The van der Waals surface area contributed by atoms with E-state index in [1.807, 2.05) is 4.90 Å². The quantitative estimate of drug-likeness (QED) is 0.604. The fourth-order valence-electron chi connectivity index (χ4n) is 2.80. The molecule has 0 bridgehead atoms. The number of piperazine rings is 1. The number of aromatic nitrogens is 1. The van der Waals surface area contributed by atoms with Crippen LogP contribution in [0, 0.1) is 20.2 Å². The van der Waals surface area contributed by atoms with Gasteiger partial charge < -0.3 is 9.80 Å². The van der Waals surface area contributed by atoms with E-state index in [9.17, 15) is 25.0 Å². The maximum atomic E-state index is 12.6. The van der Waals surface area contributed by atoms with Gasteiger partial charge in [0.2, 0.25) is 0 Å². The molecule has 1 aromatic heterocycles. The van der Waals surface area contributed by atoms with Crippen molar-refractivity contribution < 1.29 is 14.6 Å². The molecule has 1 amide bonds. The number of carbonyl (C=O) groups excluding carboxylic acids is 1. The van der Waals surface area contributed by atoms with E-state index in [4.69, 9.17) is 0 Å². The minimum Gasteiger partial charge on any atom is -0.353 e. The third-order valence-corrected chi connectivity index (χ3v) is 4.17. The van der Waals surface area contributed by atoms with Crippen LogP contribution in [0.1, 0.15) is 10.4 Å². The van der Waals surface area contributed by atoms with Gasteiger partial charge in [-0.2, -0.15) is 0 Å². The number of nitro groups is 2. The smallest absolute Gasteiger partial charge is 0.287 e. The number of benzene rings is 1. The molecule has 3 rings (SSSR count). The van der Waals surface area contributed by atoms with E-state index in [1.165, 1.54) is 30.5 Å². The van der Waals surface area contributed by atoms with Crippen LogP contribution in [0.5, 0.6) is 0 Å². The maximum absolute atomic E-state index is 12.6. The Hall–Kier alpha value is -3.56. The second kappa shape index (κ2) is 7.13. The molecular weight excluding hydrogens is 342 g/mol. The Bertz CT molecular complexity index is 846.